The predicted molar refractivity (Wildman–Crippen MR) is 114 cm³/mol. The van der Waals surface area contributed by atoms with E-state index in [9.17, 15) is 14.0 Å². The van der Waals surface area contributed by atoms with E-state index >= 15 is 0 Å². The Hall–Kier alpha value is -1.67. The summed E-state index contributed by atoms with van der Waals surface area (Å²) in [7, 11) is 0. The summed E-state index contributed by atoms with van der Waals surface area (Å²) < 4.78 is 22.0. The van der Waals surface area contributed by atoms with Crippen LogP contribution in [0, 0.1) is 0 Å². The van der Waals surface area contributed by atoms with Crippen LogP contribution in [0.15, 0.2) is 17.5 Å². The molecule has 4 atom stereocenters. The van der Waals surface area contributed by atoms with Crippen molar-refractivity contribution in [1.29, 1.82) is 0 Å². The zero-order valence-corrected chi connectivity index (χ0v) is 18.6. The maximum absolute atomic E-state index is 14.0. The van der Waals surface area contributed by atoms with Crippen LogP contribution < -0.4 is 5.32 Å². The summed E-state index contributed by atoms with van der Waals surface area (Å²) in [5.74, 6) is 0.179. The standard InChI is InChI=1S/C21H27FN2O3S2/c1-21(2,3)27-20(26)24-11-13(22)9-15(24)19(25)23-14-5-4-12(8-14)17-10-18-16(29-17)6-7-28-18/h6-7,10,12-15H,4-5,8-9,11H2,1-3H3,(H,23,25)/t12?,13-,14?,15+/m1/s1. The van der Waals surface area contributed by atoms with Gasteiger partial charge in [-0.1, -0.05) is 0 Å². The highest BCUT2D eigenvalue weighted by Gasteiger charge is 2.42. The number of likely N-dealkylation sites (tertiary alicyclic amines) is 1. The summed E-state index contributed by atoms with van der Waals surface area (Å²) in [5, 5.41) is 5.18. The number of amides is 2. The first-order valence-corrected chi connectivity index (χ1v) is 11.8. The number of alkyl halides is 1. The first-order valence-electron chi connectivity index (χ1n) is 10.1. The lowest BCUT2D eigenvalue weighted by Gasteiger charge is -2.28. The van der Waals surface area contributed by atoms with E-state index in [4.69, 9.17) is 4.74 Å². The molecule has 4 rings (SSSR count). The fourth-order valence-electron chi connectivity index (χ4n) is 4.21. The molecule has 2 aliphatic rings. The van der Waals surface area contributed by atoms with Gasteiger partial charge in [0.05, 0.1) is 6.54 Å². The lowest BCUT2D eigenvalue weighted by Crippen LogP contribution is -2.49. The van der Waals surface area contributed by atoms with Gasteiger partial charge in [-0.05, 0) is 63.5 Å². The summed E-state index contributed by atoms with van der Waals surface area (Å²) in [6.07, 6.45) is 1.03. The van der Waals surface area contributed by atoms with E-state index in [1.54, 1.807) is 32.1 Å². The summed E-state index contributed by atoms with van der Waals surface area (Å²) in [5.41, 5.74) is -0.681. The molecule has 1 saturated heterocycles. The van der Waals surface area contributed by atoms with Crippen molar-refractivity contribution in [2.45, 2.75) is 76.2 Å². The molecule has 5 nitrogen and oxygen atoms in total. The second-order valence-electron chi connectivity index (χ2n) is 8.99. The van der Waals surface area contributed by atoms with Crippen molar-refractivity contribution in [2.75, 3.05) is 6.54 Å². The molecule has 0 radical (unpaired) electrons. The third-order valence-corrected chi connectivity index (χ3v) is 7.78. The molecule has 2 fully saturated rings. The van der Waals surface area contributed by atoms with Crippen molar-refractivity contribution in [3.05, 3.63) is 22.4 Å². The van der Waals surface area contributed by atoms with Gasteiger partial charge in [0, 0.05) is 26.7 Å². The number of rotatable bonds is 3. The Labute approximate surface area is 178 Å². The number of fused-ring (bicyclic) bond motifs is 1. The van der Waals surface area contributed by atoms with Crippen molar-refractivity contribution in [3.8, 4) is 0 Å². The maximum Gasteiger partial charge on any atom is 0.411 e. The average molecular weight is 439 g/mol. The largest absolute Gasteiger partial charge is 0.444 e. The van der Waals surface area contributed by atoms with Crippen molar-refractivity contribution in [3.63, 3.8) is 0 Å². The molecule has 1 saturated carbocycles. The van der Waals surface area contributed by atoms with E-state index in [0.29, 0.717) is 5.92 Å². The van der Waals surface area contributed by atoms with Gasteiger partial charge < -0.3 is 10.1 Å². The van der Waals surface area contributed by atoms with Crippen LogP contribution in [0.2, 0.25) is 0 Å². The van der Waals surface area contributed by atoms with Crippen LogP contribution in [-0.2, 0) is 9.53 Å². The monoisotopic (exact) mass is 438 g/mol. The second kappa shape index (κ2) is 7.87. The van der Waals surface area contributed by atoms with E-state index in [1.807, 2.05) is 11.3 Å². The highest BCUT2D eigenvalue weighted by atomic mass is 32.1. The minimum absolute atomic E-state index is 0.0302. The molecule has 1 aliphatic heterocycles. The number of carbonyl (C=O) groups is 2. The first kappa shape index (κ1) is 20.6. The van der Waals surface area contributed by atoms with Crippen molar-refractivity contribution in [2.24, 2.45) is 0 Å². The molecule has 8 heteroatoms. The third-order valence-electron chi connectivity index (χ3n) is 5.52. The van der Waals surface area contributed by atoms with Crippen molar-refractivity contribution < 1.29 is 18.7 Å². The summed E-state index contributed by atoms with van der Waals surface area (Å²) in [6.45, 7) is 5.19. The average Bonchev–Trinajstić information content (AvgIpc) is 3.34. The molecule has 2 aromatic rings. The molecule has 158 valence electrons. The molecule has 2 aromatic heterocycles. The quantitative estimate of drug-likeness (QED) is 0.728. The number of nitrogens with one attached hydrogen (secondary N) is 1. The van der Waals surface area contributed by atoms with Crippen molar-refractivity contribution in [1.82, 2.24) is 10.2 Å². The number of halogens is 1. The number of ether oxygens (including phenoxy) is 1. The van der Waals surface area contributed by atoms with Gasteiger partial charge in [0.2, 0.25) is 5.91 Å². The maximum atomic E-state index is 14.0. The second-order valence-corrected chi connectivity index (χ2v) is 11.1. The molecule has 0 bridgehead atoms. The number of hydrogen-bond acceptors (Lipinski definition) is 5. The number of thiophene rings is 2. The Kier molecular flexibility index (Phi) is 5.59. The topological polar surface area (TPSA) is 58.6 Å². The normalized spacial score (nSPS) is 27.5. The third kappa shape index (κ3) is 4.58. The minimum Gasteiger partial charge on any atom is -0.444 e. The van der Waals surface area contributed by atoms with Crippen LogP contribution in [-0.4, -0.2) is 47.3 Å². The predicted octanol–water partition coefficient (Wildman–Crippen LogP) is 5.06. The van der Waals surface area contributed by atoms with E-state index in [-0.39, 0.29) is 24.9 Å². The fourth-order valence-corrected chi connectivity index (χ4v) is 6.48. The molecule has 1 aliphatic carbocycles. The van der Waals surface area contributed by atoms with Crippen LogP contribution >= 0.6 is 22.7 Å². The van der Waals surface area contributed by atoms with E-state index in [2.05, 4.69) is 22.8 Å². The van der Waals surface area contributed by atoms with Gasteiger partial charge in [0.15, 0.2) is 0 Å². The molecular formula is C21H27FN2O3S2. The molecule has 0 aromatic carbocycles. The Morgan fingerprint density at radius 3 is 2.76 bits per heavy atom. The van der Waals surface area contributed by atoms with Crippen LogP contribution in [0.5, 0.6) is 0 Å². The molecule has 0 spiro atoms. The number of carbonyl (C=O) groups excluding carboxylic acids is 2. The molecule has 1 N–H and O–H groups in total. The van der Waals surface area contributed by atoms with Gasteiger partial charge in [-0.15, -0.1) is 22.7 Å². The fraction of sp³-hybridized carbons (Fsp3) is 0.619. The highest BCUT2D eigenvalue weighted by molar-refractivity contribution is 7.26. The Morgan fingerprint density at radius 2 is 2.03 bits per heavy atom. The SMILES string of the molecule is CC(C)(C)OC(=O)N1C[C@H](F)C[C@H]1C(=O)NC1CCC(c2cc3sccc3s2)C1. The van der Waals surface area contributed by atoms with Crippen LogP contribution in [0.1, 0.15) is 57.2 Å². The van der Waals surface area contributed by atoms with E-state index in [1.165, 1.54) is 19.2 Å². The molecule has 3 heterocycles. The number of hydrogen-bond donors (Lipinski definition) is 1. The van der Waals surface area contributed by atoms with Gasteiger partial charge >= 0.3 is 6.09 Å². The Bertz CT molecular complexity index is 875. The molecule has 2 unspecified atom stereocenters. The summed E-state index contributed by atoms with van der Waals surface area (Å²) in [4.78, 5) is 27.9. The van der Waals surface area contributed by atoms with Crippen LogP contribution in [0.25, 0.3) is 9.40 Å². The zero-order valence-electron chi connectivity index (χ0n) is 16.9. The Balaban J connectivity index is 1.36. The first-order chi connectivity index (χ1) is 13.7. The van der Waals surface area contributed by atoms with Crippen molar-refractivity contribution >= 4 is 44.1 Å². The molecule has 2 amide bonds. The highest BCUT2D eigenvalue weighted by Crippen LogP contribution is 2.41. The van der Waals surface area contributed by atoms with Crippen LogP contribution in [0.3, 0.4) is 0 Å². The summed E-state index contributed by atoms with van der Waals surface area (Å²) >= 11 is 3.59. The van der Waals surface area contributed by atoms with Gasteiger partial charge in [-0.3, -0.25) is 9.69 Å². The number of nitrogens with zero attached hydrogens (tertiary/aromatic N) is 1. The minimum atomic E-state index is -1.20. The van der Waals surface area contributed by atoms with Crippen LogP contribution in [0.4, 0.5) is 9.18 Å². The lowest BCUT2D eigenvalue weighted by atomic mass is 10.1. The zero-order chi connectivity index (χ0) is 20.8. The summed E-state index contributed by atoms with van der Waals surface area (Å²) in [6, 6.07) is 3.69. The smallest absolute Gasteiger partial charge is 0.411 e. The molecule has 29 heavy (non-hydrogen) atoms. The van der Waals surface area contributed by atoms with E-state index < -0.39 is 23.9 Å². The van der Waals surface area contributed by atoms with Gasteiger partial charge in [0.1, 0.15) is 17.8 Å². The van der Waals surface area contributed by atoms with E-state index in [0.717, 1.165) is 19.3 Å². The van der Waals surface area contributed by atoms with Gasteiger partial charge in [-0.25, -0.2) is 9.18 Å². The molecular weight excluding hydrogens is 411 g/mol. The van der Waals surface area contributed by atoms with Gasteiger partial charge in [0.25, 0.3) is 0 Å². The lowest BCUT2D eigenvalue weighted by molar-refractivity contribution is -0.126. The van der Waals surface area contributed by atoms with Gasteiger partial charge in [-0.2, -0.15) is 0 Å². The Morgan fingerprint density at radius 1 is 1.24 bits per heavy atom.